The summed E-state index contributed by atoms with van der Waals surface area (Å²) in [4.78, 5) is 0. The molecule has 116 valence electrons. The zero-order valence-electron chi connectivity index (χ0n) is 13.7. The molecule has 0 saturated heterocycles. The van der Waals surface area contributed by atoms with Gasteiger partial charge in [0.2, 0.25) is 0 Å². The Morgan fingerprint density at radius 3 is 2.48 bits per heavy atom. The molecule has 0 bridgehead atoms. The molecule has 0 amide bonds. The molecule has 0 spiro atoms. The molecule has 1 unspecified atom stereocenters. The van der Waals surface area contributed by atoms with Crippen LogP contribution in [0.4, 0.5) is 0 Å². The number of nitrogens with zero attached hydrogens (tertiary/aromatic N) is 1. The first kappa shape index (κ1) is 17.3. The fraction of sp³-hybridized carbons (Fsp3) is 0.588. The fourth-order valence-corrected chi connectivity index (χ4v) is 2.14. The van der Waals surface area contributed by atoms with Gasteiger partial charge in [0.25, 0.3) is 0 Å². The SMILES string of the molecule is COc1ccc(C(C)NCCCC(C)(C)C#N)cc1OC. The minimum absolute atomic E-state index is 0.231. The third kappa shape index (κ3) is 5.28. The van der Waals surface area contributed by atoms with Crippen molar-refractivity contribution in [3.63, 3.8) is 0 Å². The van der Waals surface area contributed by atoms with Crippen LogP contribution in [-0.2, 0) is 0 Å². The fourth-order valence-electron chi connectivity index (χ4n) is 2.14. The first-order valence-electron chi connectivity index (χ1n) is 7.30. The molecule has 1 N–H and O–H groups in total. The summed E-state index contributed by atoms with van der Waals surface area (Å²) in [6.07, 6.45) is 1.88. The Hall–Kier alpha value is -1.73. The summed E-state index contributed by atoms with van der Waals surface area (Å²) in [5.74, 6) is 1.48. The summed E-state index contributed by atoms with van der Waals surface area (Å²) < 4.78 is 10.6. The lowest BCUT2D eigenvalue weighted by Crippen LogP contribution is -2.21. The molecule has 1 atom stereocenters. The third-order valence-electron chi connectivity index (χ3n) is 3.64. The molecule has 0 aliphatic carbocycles. The molecule has 0 aliphatic rings. The molecule has 0 fully saturated rings. The van der Waals surface area contributed by atoms with Gasteiger partial charge >= 0.3 is 0 Å². The first-order chi connectivity index (χ1) is 9.93. The van der Waals surface area contributed by atoms with E-state index in [9.17, 15) is 0 Å². The van der Waals surface area contributed by atoms with E-state index in [4.69, 9.17) is 14.7 Å². The van der Waals surface area contributed by atoms with Gasteiger partial charge in [0.05, 0.1) is 25.7 Å². The number of hydrogen-bond donors (Lipinski definition) is 1. The normalized spacial score (nSPS) is 12.6. The summed E-state index contributed by atoms with van der Waals surface area (Å²) in [7, 11) is 3.28. The quantitative estimate of drug-likeness (QED) is 0.742. The monoisotopic (exact) mass is 290 g/mol. The second-order valence-corrected chi connectivity index (χ2v) is 5.89. The van der Waals surface area contributed by atoms with Crippen molar-refractivity contribution in [3.05, 3.63) is 23.8 Å². The smallest absolute Gasteiger partial charge is 0.161 e. The van der Waals surface area contributed by atoms with Crippen molar-refractivity contribution in [1.29, 1.82) is 5.26 Å². The zero-order valence-corrected chi connectivity index (χ0v) is 13.7. The van der Waals surface area contributed by atoms with Crippen LogP contribution in [0.1, 0.15) is 45.2 Å². The van der Waals surface area contributed by atoms with Crippen molar-refractivity contribution in [2.45, 2.75) is 39.7 Å². The maximum Gasteiger partial charge on any atom is 0.161 e. The zero-order chi connectivity index (χ0) is 15.9. The third-order valence-corrected chi connectivity index (χ3v) is 3.64. The van der Waals surface area contributed by atoms with E-state index in [2.05, 4.69) is 18.3 Å². The Morgan fingerprint density at radius 1 is 1.24 bits per heavy atom. The summed E-state index contributed by atoms with van der Waals surface area (Å²) >= 11 is 0. The van der Waals surface area contributed by atoms with Crippen LogP contribution in [0.3, 0.4) is 0 Å². The summed E-state index contributed by atoms with van der Waals surface area (Å²) in [5, 5.41) is 12.5. The van der Waals surface area contributed by atoms with Gasteiger partial charge in [-0.05, 0) is 57.9 Å². The number of ether oxygens (including phenoxy) is 2. The van der Waals surface area contributed by atoms with Crippen LogP contribution in [0.2, 0.25) is 0 Å². The van der Waals surface area contributed by atoms with E-state index in [-0.39, 0.29) is 11.5 Å². The number of nitriles is 1. The molecule has 0 heterocycles. The van der Waals surface area contributed by atoms with E-state index >= 15 is 0 Å². The van der Waals surface area contributed by atoms with Crippen LogP contribution in [0.15, 0.2) is 18.2 Å². The van der Waals surface area contributed by atoms with Gasteiger partial charge in [0.15, 0.2) is 11.5 Å². The number of nitrogens with one attached hydrogen (secondary N) is 1. The highest BCUT2D eigenvalue weighted by Crippen LogP contribution is 2.30. The Morgan fingerprint density at radius 2 is 1.90 bits per heavy atom. The number of rotatable bonds is 8. The van der Waals surface area contributed by atoms with Gasteiger partial charge in [0, 0.05) is 6.04 Å². The molecule has 4 heteroatoms. The highest BCUT2D eigenvalue weighted by molar-refractivity contribution is 5.43. The van der Waals surface area contributed by atoms with E-state index in [1.54, 1.807) is 14.2 Å². The van der Waals surface area contributed by atoms with E-state index in [1.807, 2.05) is 32.0 Å². The minimum Gasteiger partial charge on any atom is -0.493 e. The minimum atomic E-state index is -0.242. The van der Waals surface area contributed by atoms with Crippen LogP contribution in [0, 0.1) is 16.7 Å². The molecule has 4 nitrogen and oxygen atoms in total. The van der Waals surface area contributed by atoms with E-state index in [0.29, 0.717) is 0 Å². The van der Waals surface area contributed by atoms with E-state index in [1.165, 1.54) is 0 Å². The molecule has 21 heavy (non-hydrogen) atoms. The van der Waals surface area contributed by atoms with Crippen molar-refractivity contribution in [2.24, 2.45) is 5.41 Å². The molecule has 1 aromatic rings. The van der Waals surface area contributed by atoms with Crippen molar-refractivity contribution in [2.75, 3.05) is 20.8 Å². The van der Waals surface area contributed by atoms with Crippen molar-refractivity contribution in [1.82, 2.24) is 5.32 Å². The van der Waals surface area contributed by atoms with Crippen molar-refractivity contribution < 1.29 is 9.47 Å². The van der Waals surface area contributed by atoms with Crippen LogP contribution >= 0.6 is 0 Å². The lowest BCUT2D eigenvalue weighted by Gasteiger charge is -2.18. The summed E-state index contributed by atoms with van der Waals surface area (Å²) in [5.41, 5.74) is 0.918. The summed E-state index contributed by atoms with van der Waals surface area (Å²) in [6, 6.07) is 8.52. The molecule has 0 aromatic heterocycles. The lowest BCUT2D eigenvalue weighted by atomic mass is 9.90. The lowest BCUT2D eigenvalue weighted by molar-refractivity contribution is 0.354. The Bertz CT molecular complexity index is 492. The molecule has 0 radical (unpaired) electrons. The maximum absolute atomic E-state index is 8.99. The summed E-state index contributed by atoms with van der Waals surface area (Å²) in [6.45, 7) is 6.97. The topological polar surface area (TPSA) is 54.3 Å². The van der Waals surface area contributed by atoms with Gasteiger partial charge in [-0.3, -0.25) is 0 Å². The van der Waals surface area contributed by atoms with Crippen LogP contribution < -0.4 is 14.8 Å². The van der Waals surface area contributed by atoms with Crippen LogP contribution in [0.5, 0.6) is 11.5 Å². The van der Waals surface area contributed by atoms with E-state index in [0.717, 1.165) is 36.4 Å². The van der Waals surface area contributed by atoms with Gasteiger partial charge < -0.3 is 14.8 Å². The Kier molecular flexibility index (Phi) is 6.51. The van der Waals surface area contributed by atoms with Crippen LogP contribution in [0.25, 0.3) is 0 Å². The standard InChI is InChI=1S/C17H26N2O2/c1-13(19-10-6-9-17(2,3)12-18)14-7-8-15(20-4)16(11-14)21-5/h7-8,11,13,19H,6,9-10H2,1-5H3. The van der Waals surface area contributed by atoms with Gasteiger partial charge in [-0.25, -0.2) is 0 Å². The number of benzene rings is 1. The van der Waals surface area contributed by atoms with E-state index < -0.39 is 0 Å². The Balaban J connectivity index is 2.53. The number of methoxy groups -OCH3 is 2. The predicted molar refractivity (Wildman–Crippen MR) is 84.6 cm³/mol. The molecule has 1 rings (SSSR count). The van der Waals surface area contributed by atoms with Crippen molar-refractivity contribution >= 4 is 0 Å². The molecule has 1 aromatic carbocycles. The molecular formula is C17H26N2O2. The van der Waals surface area contributed by atoms with Gasteiger partial charge in [-0.2, -0.15) is 5.26 Å². The van der Waals surface area contributed by atoms with Crippen LogP contribution in [-0.4, -0.2) is 20.8 Å². The van der Waals surface area contributed by atoms with Gasteiger partial charge in [0.1, 0.15) is 0 Å². The predicted octanol–water partition coefficient (Wildman–Crippen LogP) is 3.68. The Labute approximate surface area is 128 Å². The maximum atomic E-state index is 8.99. The van der Waals surface area contributed by atoms with Crippen molar-refractivity contribution in [3.8, 4) is 17.6 Å². The highest BCUT2D eigenvalue weighted by atomic mass is 16.5. The molecule has 0 saturated carbocycles. The average molecular weight is 290 g/mol. The van der Waals surface area contributed by atoms with Gasteiger partial charge in [-0.1, -0.05) is 6.07 Å². The second-order valence-electron chi connectivity index (χ2n) is 5.89. The largest absolute Gasteiger partial charge is 0.493 e. The second kappa shape index (κ2) is 7.90. The van der Waals surface area contributed by atoms with Gasteiger partial charge in [-0.15, -0.1) is 0 Å². The highest BCUT2D eigenvalue weighted by Gasteiger charge is 2.16. The molecular weight excluding hydrogens is 264 g/mol. The number of hydrogen-bond acceptors (Lipinski definition) is 4. The average Bonchev–Trinajstić information content (AvgIpc) is 2.50. The molecule has 0 aliphatic heterocycles. The first-order valence-corrected chi connectivity index (χ1v) is 7.30.